The van der Waals surface area contributed by atoms with E-state index in [9.17, 15) is 9.59 Å². The second kappa shape index (κ2) is 6.65. The van der Waals surface area contributed by atoms with Crippen LogP contribution in [0.2, 0.25) is 0 Å². The maximum atomic E-state index is 12.5. The molecule has 0 spiro atoms. The van der Waals surface area contributed by atoms with Gasteiger partial charge in [-0.2, -0.15) is 0 Å². The number of rotatable bonds is 5. The van der Waals surface area contributed by atoms with E-state index < -0.39 is 0 Å². The van der Waals surface area contributed by atoms with E-state index >= 15 is 0 Å². The molecule has 0 saturated heterocycles. The molecule has 1 amide bonds. The summed E-state index contributed by atoms with van der Waals surface area (Å²) in [5.74, 6) is -0.305. The minimum absolute atomic E-state index is 0.183. The van der Waals surface area contributed by atoms with Gasteiger partial charge in [-0.1, -0.05) is 42.5 Å². The van der Waals surface area contributed by atoms with Gasteiger partial charge in [0.2, 0.25) is 0 Å². The molecule has 118 valence electrons. The van der Waals surface area contributed by atoms with Gasteiger partial charge >= 0.3 is 0 Å². The zero-order chi connectivity index (χ0) is 16.2. The van der Waals surface area contributed by atoms with Crippen LogP contribution in [-0.2, 0) is 0 Å². The van der Waals surface area contributed by atoms with Crippen LogP contribution in [0.5, 0.6) is 0 Å². The number of aromatic nitrogens is 1. The van der Waals surface area contributed by atoms with Crippen LogP contribution in [0, 0.1) is 6.92 Å². The van der Waals surface area contributed by atoms with E-state index in [1.165, 1.54) is 0 Å². The lowest BCUT2D eigenvalue weighted by molar-refractivity contribution is 0.0955. The molecule has 23 heavy (non-hydrogen) atoms. The first-order valence-electron chi connectivity index (χ1n) is 7.88. The summed E-state index contributed by atoms with van der Waals surface area (Å²) in [6, 6.07) is 12.0. The molecule has 3 rings (SSSR count). The number of hydrogen-bond donors (Lipinski definition) is 1. The summed E-state index contributed by atoms with van der Waals surface area (Å²) in [5.41, 5.74) is 1.87. The summed E-state index contributed by atoms with van der Waals surface area (Å²) >= 11 is 0. The van der Waals surface area contributed by atoms with E-state index in [0.29, 0.717) is 6.54 Å². The van der Waals surface area contributed by atoms with Crippen LogP contribution in [0.4, 0.5) is 0 Å². The van der Waals surface area contributed by atoms with Gasteiger partial charge in [0.15, 0.2) is 0 Å². The van der Waals surface area contributed by atoms with E-state index in [2.05, 4.69) is 5.32 Å². The maximum absolute atomic E-state index is 12.5. The fourth-order valence-electron chi connectivity index (χ4n) is 2.56. The monoisotopic (exact) mass is 308 g/mol. The minimum atomic E-state index is -0.305. The summed E-state index contributed by atoms with van der Waals surface area (Å²) < 4.78 is 1.68. The van der Waals surface area contributed by atoms with Crippen molar-refractivity contribution in [3.63, 3.8) is 0 Å². The molecular formula is C19H20N2O2. The number of nitrogens with zero attached hydrogens (tertiary/aromatic N) is 1. The smallest absolute Gasteiger partial charge is 0.263 e. The van der Waals surface area contributed by atoms with Crippen molar-refractivity contribution >= 4 is 12.0 Å². The van der Waals surface area contributed by atoms with E-state index in [1.54, 1.807) is 17.7 Å². The topological polar surface area (TPSA) is 51.1 Å². The van der Waals surface area contributed by atoms with Gasteiger partial charge in [0.1, 0.15) is 5.56 Å². The van der Waals surface area contributed by atoms with Gasteiger partial charge in [0, 0.05) is 18.8 Å². The average Bonchev–Trinajstić information content (AvgIpc) is 3.37. The Morgan fingerprint density at radius 1 is 1.26 bits per heavy atom. The second-order valence-electron chi connectivity index (χ2n) is 5.84. The molecule has 1 fully saturated rings. The molecule has 4 nitrogen and oxygen atoms in total. The van der Waals surface area contributed by atoms with Gasteiger partial charge in [-0.3, -0.25) is 9.59 Å². The summed E-state index contributed by atoms with van der Waals surface area (Å²) in [7, 11) is 0. The molecule has 1 heterocycles. The SMILES string of the molecule is Cc1ccn(C2CC2)c(=O)c1C(=O)NC/C=C/c1ccccc1. The van der Waals surface area contributed by atoms with Crippen LogP contribution in [0.3, 0.4) is 0 Å². The van der Waals surface area contributed by atoms with Crippen molar-refractivity contribution in [1.82, 2.24) is 9.88 Å². The summed E-state index contributed by atoms with van der Waals surface area (Å²) in [4.78, 5) is 24.8. The zero-order valence-electron chi connectivity index (χ0n) is 13.2. The third-order valence-electron chi connectivity index (χ3n) is 3.99. The highest BCUT2D eigenvalue weighted by molar-refractivity contribution is 5.95. The number of aryl methyl sites for hydroxylation is 1. The average molecular weight is 308 g/mol. The predicted octanol–water partition coefficient (Wildman–Crippen LogP) is 2.93. The Balaban J connectivity index is 1.68. The fraction of sp³-hybridized carbons (Fsp3) is 0.263. The molecule has 0 bridgehead atoms. The highest BCUT2D eigenvalue weighted by atomic mass is 16.2. The molecule has 1 saturated carbocycles. The van der Waals surface area contributed by atoms with E-state index in [0.717, 1.165) is 24.0 Å². The third-order valence-corrected chi connectivity index (χ3v) is 3.99. The van der Waals surface area contributed by atoms with Gasteiger partial charge in [-0.15, -0.1) is 0 Å². The van der Waals surface area contributed by atoms with Crippen molar-refractivity contribution in [3.05, 3.63) is 75.7 Å². The minimum Gasteiger partial charge on any atom is -0.348 e. The lowest BCUT2D eigenvalue weighted by atomic mass is 10.1. The standard InChI is InChI=1S/C19H20N2O2/c1-14-11-13-21(16-9-10-16)19(23)17(14)18(22)20-12-5-8-15-6-3-2-4-7-15/h2-8,11,13,16H,9-10,12H2,1H3,(H,20,22)/b8-5+. The Bertz CT molecular complexity index is 787. The van der Waals surface area contributed by atoms with Gasteiger partial charge in [-0.05, 0) is 37.0 Å². The number of benzene rings is 1. The fourth-order valence-corrected chi connectivity index (χ4v) is 2.56. The van der Waals surface area contributed by atoms with Crippen LogP contribution >= 0.6 is 0 Å². The number of hydrogen-bond acceptors (Lipinski definition) is 2. The van der Waals surface area contributed by atoms with E-state index in [4.69, 9.17) is 0 Å². The van der Waals surface area contributed by atoms with Crippen molar-refractivity contribution in [2.75, 3.05) is 6.54 Å². The summed E-state index contributed by atoms with van der Waals surface area (Å²) in [5, 5.41) is 2.80. The van der Waals surface area contributed by atoms with Crippen molar-refractivity contribution in [1.29, 1.82) is 0 Å². The van der Waals surface area contributed by atoms with Crippen molar-refractivity contribution < 1.29 is 4.79 Å². The summed E-state index contributed by atoms with van der Waals surface area (Å²) in [6.45, 7) is 2.19. The molecule has 0 unspecified atom stereocenters. The number of pyridine rings is 1. The normalized spacial score (nSPS) is 14.1. The van der Waals surface area contributed by atoms with Gasteiger partial charge in [0.25, 0.3) is 11.5 Å². The van der Waals surface area contributed by atoms with Crippen LogP contribution in [0.1, 0.15) is 40.4 Å². The molecule has 1 aromatic heterocycles. The molecule has 0 aliphatic heterocycles. The van der Waals surface area contributed by atoms with Crippen LogP contribution < -0.4 is 10.9 Å². The Kier molecular flexibility index (Phi) is 4.42. The van der Waals surface area contributed by atoms with Gasteiger partial charge in [0.05, 0.1) is 0 Å². The molecule has 4 heteroatoms. The number of amides is 1. The van der Waals surface area contributed by atoms with E-state index in [-0.39, 0.29) is 23.1 Å². The lowest BCUT2D eigenvalue weighted by Gasteiger charge is -2.09. The quantitative estimate of drug-likeness (QED) is 0.923. The highest BCUT2D eigenvalue weighted by Gasteiger charge is 2.26. The predicted molar refractivity (Wildman–Crippen MR) is 91.5 cm³/mol. The molecule has 0 atom stereocenters. The summed E-state index contributed by atoms with van der Waals surface area (Å²) in [6.07, 6.45) is 7.65. The Morgan fingerprint density at radius 2 is 2.00 bits per heavy atom. The van der Waals surface area contributed by atoms with Crippen molar-refractivity contribution in [2.45, 2.75) is 25.8 Å². The first kappa shape index (κ1) is 15.3. The largest absolute Gasteiger partial charge is 0.348 e. The van der Waals surface area contributed by atoms with Gasteiger partial charge in [-0.25, -0.2) is 0 Å². The Labute approximate surface area is 135 Å². The number of carbonyl (C=O) groups excluding carboxylic acids is 1. The number of carbonyl (C=O) groups is 1. The van der Waals surface area contributed by atoms with Crippen LogP contribution in [0.15, 0.2) is 53.5 Å². The molecule has 0 radical (unpaired) electrons. The van der Waals surface area contributed by atoms with E-state index in [1.807, 2.05) is 48.6 Å². The Hall–Kier alpha value is -2.62. The molecular weight excluding hydrogens is 288 g/mol. The maximum Gasteiger partial charge on any atom is 0.263 e. The molecule has 1 aromatic carbocycles. The molecule has 2 aromatic rings. The van der Waals surface area contributed by atoms with Crippen LogP contribution in [-0.4, -0.2) is 17.0 Å². The molecule has 1 aliphatic carbocycles. The second-order valence-corrected chi connectivity index (χ2v) is 5.84. The highest BCUT2D eigenvalue weighted by Crippen LogP contribution is 2.33. The molecule has 1 N–H and O–H groups in total. The Morgan fingerprint density at radius 3 is 2.70 bits per heavy atom. The van der Waals surface area contributed by atoms with Crippen LogP contribution in [0.25, 0.3) is 6.08 Å². The third kappa shape index (κ3) is 3.59. The van der Waals surface area contributed by atoms with Crippen molar-refractivity contribution in [3.8, 4) is 0 Å². The van der Waals surface area contributed by atoms with Gasteiger partial charge < -0.3 is 9.88 Å². The molecule has 1 aliphatic rings. The first-order chi connectivity index (χ1) is 11.2. The first-order valence-corrected chi connectivity index (χ1v) is 7.88. The zero-order valence-corrected chi connectivity index (χ0v) is 13.2. The van der Waals surface area contributed by atoms with Crippen molar-refractivity contribution in [2.24, 2.45) is 0 Å². The lowest BCUT2D eigenvalue weighted by Crippen LogP contribution is -2.33. The number of nitrogens with one attached hydrogen (secondary N) is 1.